The van der Waals surface area contributed by atoms with Gasteiger partial charge in [-0.1, -0.05) is 42.3 Å². The maximum atomic E-state index is 6.18. The fourth-order valence-electron chi connectivity index (χ4n) is 3.85. The average molecular weight is 377 g/mol. The van der Waals surface area contributed by atoms with Crippen LogP contribution in [-0.4, -0.2) is 30.6 Å². The predicted molar refractivity (Wildman–Crippen MR) is 103 cm³/mol. The van der Waals surface area contributed by atoms with Crippen molar-refractivity contribution in [2.24, 2.45) is 0 Å². The number of hydrogen-bond donors (Lipinski definition) is 1. The van der Waals surface area contributed by atoms with Crippen molar-refractivity contribution in [1.82, 2.24) is 10.2 Å². The quantitative estimate of drug-likeness (QED) is 0.790. The van der Waals surface area contributed by atoms with Gasteiger partial charge in [0.05, 0.1) is 6.04 Å². The van der Waals surface area contributed by atoms with Crippen LogP contribution in [0.2, 0.25) is 10.0 Å². The highest BCUT2D eigenvalue weighted by Crippen LogP contribution is 2.45. The average Bonchev–Trinajstić information content (AvgIpc) is 2.61. The summed E-state index contributed by atoms with van der Waals surface area (Å²) in [7, 11) is 0. The van der Waals surface area contributed by atoms with Crippen molar-refractivity contribution >= 4 is 23.2 Å². The molecule has 2 heterocycles. The lowest BCUT2D eigenvalue weighted by molar-refractivity contribution is 0.192. The van der Waals surface area contributed by atoms with E-state index in [1.54, 1.807) is 0 Å². The molecule has 0 bridgehead atoms. The second-order valence-electron chi connectivity index (χ2n) is 6.80. The minimum atomic E-state index is 0.0927. The molecule has 0 radical (unpaired) electrons. The van der Waals surface area contributed by atoms with E-state index in [0.717, 1.165) is 35.7 Å². The Kier molecular flexibility index (Phi) is 4.92. The number of halogens is 2. The Morgan fingerprint density at radius 2 is 1.72 bits per heavy atom. The van der Waals surface area contributed by atoms with E-state index in [0.29, 0.717) is 16.1 Å². The molecule has 0 aromatic heterocycles. The Bertz CT molecular complexity index is 729. The zero-order valence-electron chi connectivity index (χ0n) is 14.3. The van der Waals surface area contributed by atoms with E-state index in [-0.39, 0.29) is 6.04 Å². The standard InChI is InChI=1S/C20H22Cl2N2O/c1-2-24-9-3-4-15(12-24)23-20-16-7-5-13(21)10-18(16)25-19-11-14(22)6-8-17(19)20/h5-8,10-11,15,20,23H,2-4,9,12H2,1H3. The van der Waals surface area contributed by atoms with Crippen molar-refractivity contribution in [2.75, 3.05) is 19.6 Å². The van der Waals surface area contributed by atoms with Crippen LogP contribution in [-0.2, 0) is 0 Å². The second kappa shape index (κ2) is 7.16. The molecule has 25 heavy (non-hydrogen) atoms. The van der Waals surface area contributed by atoms with Gasteiger partial charge >= 0.3 is 0 Å². The summed E-state index contributed by atoms with van der Waals surface area (Å²) in [5.74, 6) is 1.62. The first kappa shape index (κ1) is 17.2. The minimum Gasteiger partial charge on any atom is -0.457 e. The third-order valence-corrected chi connectivity index (χ3v) is 5.62. The fourth-order valence-corrected chi connectivity index (χ4v) is 4.17. The van der Waals surface area contributed by atoms with Crippen molar-refractivity contribution < 1.29 is 4.74 Å². The molecule has 3 nitrogen and oxygen atoms in total. The van der Waals surface area contributed by atoms with Crippen molar-refractivity contribution in [3.05, 3.63) is 57.6 Å². The maximum absolute atomic E-state index is 6.18. The zero-order chi connectivity index (χ0) is 17.4. The number of fused-ring (bicyclic) bond motifs is 2. The number of piperidine rings is 1. The lowest BCUT2D eigenvalue weighted by atomic mass is 9.92. The summed E-state index contributed by atoms with van der Waals surface area (Å²) in [4.78, 5) is 2.51. The summed E-state index contributed by atoms with van der Waals surface area (Å²) >= 11 is 12.4. The molecule has 4 rings (SSSR count). The first-order valence-electron chi connectivity index (χ1n) is 8.89. The molecule has 132 valence electrons. The number of nitrogens with one attached hydrogen (secondary N) is 1. The van der Waals surface area contributed by atoms with Crippen molar-refractivity contribution in [2.45, 2.75) is 31.8 Å². The number of nitrogens with zero attached hydrogens (tertiary/aromatic N) is 1. The molecular weight excluding hydrogens is 355 g/mol. The summed E-state index contributed by atoms with van der Waals surface area (Å²) in [5, 5.41) is 5.22. The monoisotopic (exact) mass is 376 g/mol. The first-order valence-corrected chi connectivity index (χ1v) is 9.65. The lowest BCUT2D eigenvalue weighted by Gasteiger charge is -2.37. The zero-order valence-corrected chi connectivity index (χ0v) is 15.8. The van der Waals surface area contributed by atoms with Crippen LogP contribution in [0.4, 0.5) is 0 Å². The van der Waals surface area contributed by atoms with Crippen LogP contribution in [0.25, 0.3) is 0 Å². The molecule has 0 aliphatic carbocycles. The highest BCUT2D eigenvalue weighted by atomic mass is 35.5. The number of benzene rings is 2. The topological polar surface area (TPSA) is 24.5 Å². The Hall–Kier alpha value is -1.26. The SMILES string of the molecule is CCN1CCCC(NC2c3ccc(Cl)cc3Oc3cc(Cl)ccc32)C1. The molecule has 2 aliphatic heterocycles. The van der Waals surface area contributed by atoms with Gasteiger partial charge in [-0.15, -0.1) is 0 Å². The first-order chi connectivity index (χ1) is 12.1. The van der Waals surface area contributed by atoms with Crippen LogP contribution in [0.3, 0.4) is 0 Å². The van der Waals surface area contributed by atoms with Gasteiger partial charge in [0, 0.05) is 33.8 Å². The van der Waals surface area contributed by atoms with Crippen molar-refractivity contribution in [3.8, 4) is 11.5 Å². The summed E-state index contributed by atoms with van der Waals surface area (Å²) in [6.07, 6.45) is 2.43. The molecule has 1 atom stereocenters. The Morgan fingerprint density at radius 1 is 1.08 bits per heavy atom. The van der Waals surface area contributed by atoms with Crippen molar-refractivity contribution in [3.63, 3.8) is 0 Å². The third kappa shape index (κ3) is 3.52. The highest BCUT2D eigenvalue weighted by molar-refractivity contribution is 6.31. The Balaban J connectivity index is 1.68. The van der Waals surface area contributed by atoms with Gasteiger partial charge in [0.25, 0.3) is 0 Å². The molecule has 0 spiro atoms. The Labute approximate surface area is 158 Å². The fraction of sp³-hybridized carbons (Fsp3) is 0.400. The largest absolute Gasteiger partial charge is 0.457 e. The molecule has 1 N–H and O–H groups in total. The molecule has 2 aromatic rings. The Morgan fingerprint density at radius 3 is 2.32 bits per heavy atom. The van der Waals surface area contributed by atoms with E-state index in [2.05, 4.69) is 29.3 Å². The normalized spacial score (nSPS) is 20.7. The lowest BCUT2D eigenvalue weighted by Crippen LogP contribution is -2.47. The van der Waals surface area contributed by atoms with Gasteiger partial charge in [0.15, 0.2) is 0 Å². The number of ether oxygens (including phenoxy) is 1. The van der Waals surface area contributed by atoms with Gasteiger partial charge < -0.3 is 15.0 Å². The number of hydrogen-bond acceptors (Lipinski definition) is 3. The number of likely N-dealkylation sites (N-methyl/N-ethyl adjacent to an activating group) is 1. The predicted octanol–water partition coefficient (Wildman–Crippen LogP) is 5.26. The van der Waals surface area contributed by atoms with Gasteiger partial charge in [0.1, 0.15) is 11.5 Å². The number of likely N-dealkylation sites (tertiary alicyclic amines) is 1. The summed E-state index contributed by atoms with van der Waals surface area (Å²) in [6, 6.07) is 12.3. The molecule has 2 aliphatic rings. The van der Waals surface area contributed by atoms with E-state index in [1.807, 2.05) is 24.3 Å². The van der Waals surface area contributed by atoms with Crippen LogP contribution in [0.5, 0.6) is 11.5 Å². The molecule has 5 heteroatoms. The van der Waals surface area contributed by atoms with Gasteiger partial charge in [-0.2, -0.15) is 0 Å². The maximum Gasteiger partial charge on any atom is 0.134 e. The molecule has 0 saturated carbocycles. The smallest absolute Gasteiger partial charge is 0.134 e. The third-order valence-electron chi connectivity index (χ3n) is 5.15. The van der Waals surface area contributed by atoms with E-state index in [1.165, 1.54) is 19.4 Å². The van der Waals surface area contributed by atoms with Gasteiger partial charge in [-0.05, 0) is 50.2 Å². The van der Waals surface area contributed by atoms with Gasteiger partial charge in [0.2, 0.25) is 0 Å². The molecule has 1 fully saturated rings. The molecular formula is C20H22Cl2N2O. The van der Waals surface area contributed by atoms with E-state index in [9.17, 15) is 0 Å². The highest BCUT2D eigenvalue weighted by Gasteiger charge is 2.30. The molecule has 0 amide bonds. The van der Waals surface area contributed by atoms with Crippen LogP contribution in [0.15, 0.2) is 36.4 Å². The van der Waals surface area contributed by atoms with Crippen molar-refractivity contribution in [1.29, 1.82) is 0 Å². The van der Waals surface area contributed by atoms with Crippen LogP contribution in [0, 0.1) is 0 Å². The minimum absolute atomic E-state index is 0.0927. The molecule has 2 aromatic carbocycles. The summed E-state index contributed by atoms with van der Waals surface area (Å²) in [6.45, 7) is 5.61. The molecule has 1 unspecified atom stereocenters. The summed E-state index contributed by atoms with van der Waals surface area (Å²) in [5.41, 5.74) is 2.26. The van der Waals surface area contributed by atoms with Crippen LogP contribution in [0.1, 0.15) is 36.9 Å². The second-order valence-corrected chi connectivity index (χ2v) is 7.67. The van der Waals surface area contributed by atoms with Gasteiger partial charge in [-0.3, -0.25) is 0 Å². The summed E-state index contributed by atoms with van der Waals surface area (Å²) < 4.78 is 6.08. The molecule has 1 saturated heterocycles. The van der Waals surface area contributed by atoms with Crippen LogP contribution < -0.4 is 10.1 Å². The van der Waals surface area contributed by atoms with Crippen LogP contribution >= 0.6 is 23.2 Å². The number of rotatable bonds is 3. The van der Waals surface area contributed by atoms with E-state index < -0.39 is 0 Å². The van der Waals surface area contributed by atoms with E-state index >= 15 is 0 Å². The van der Waals surface area contributed by atoms with E-state index in [4.69, 9.17) is 27.9 Å². The van der Waals surface area contributed by atoms with Gasteiger partial charge in [-0.25, -0.2) is 0 Å².